The van der Waals surface area contributed by atoms with Crippen molar-refractivity contribution in [2.24, 2.45) is 0 Å². The number of carboxylic acids is 1. The van der Waals surface area contributed by atoms with Gasteiger partial charge in [0.1, 0.15) is 0 Å². The summed E-state index contributed by atoms with van der Waals surface area (Å²) in [7, 11) is 0. The van der Waals surface area contributed by atoms with E-state index in [1.165, 1.54) is 6.08 Å². The first-order chi connectivity index (χ1) is 6.52. The van der Waals surface area contributed by atoms with Gasteiger partial charge >= 0.3 is 5.97 Å². The summed E-state index contributed by atoms with van der Waals surface area (Å²) in [5, 5.41) is 9.11. The highest BCUT2D eigenvalue weighted by Crippen LogP contribution is 2.27. The minimum absolute atomic E-state index is 0.623. The first-order valence-electron chi connectivity index (χ1n) is 3.88. The van der Waals surface area contributed by atoms with E-state index >= 15 is 0 Å². The summed E-state index contributed by atoms with van der Waals surface area (Å²) < 4.78 is 0.830. The summed E-state index contributed by atoms with van der Waals surface area (Å²) in [6.07, 6.45) is 2.61. The largest absolute Gasteiger partial charge is 0.478 e. The molecule has 0 fully saturated rings. The van der Waals surface area contributed by atoms with Gasteiger partial charge in [0, 0.05) is 15.6 Å². The van der Waals surface area contributed by atoms with Gasteiger partial charge in [-0.1, -0.05) is 27.5 Å². The van der Waals surface area contributed by atoms with Gasteiger partial charge in [-0.15, -0.1) is 0 Å². The van der Waals surface area contributed by atoms with E-state index in [4.69, 9.17) is 16.7 Å². The molecule has 0 bridgehead atoms. The molecule has 0 aliphatic rings. The second kappa shape index (κ2) is 4.62. The van der Waals surface area contributed by atoms with Crippen molar-refractivity contribution in [1.82, 2.24) is 0 Å². The summed E-state index contributed by atoms with van der Waals surface area (Å²) >= 11 is 9.23. The third-order valence-corrected chi connectivity index (χ3v) is 2.89. The summed E-state index contributed by atoms with van der Waals surface area (Å²) in [4.78, 5) is 10.3. The molecule has 0 saturated heterocycles. The topological polar surface area (TPSA) is 37.3 Å². The third kappa shape index (κ3) is 2.59. The maximum atomic E-state index is 10.3. The molecule has 14 heavy (non-hydrogen) atoms. The quantitative estimate of drug-likeness (QED) is 0.839. The van der Waals surface area contributed by atoms with Gasteiger partial charge in [-0.3, -0.25) is 0 Å². The number of hydrogen-bond donors (Lipinski definition) is 1. The molecule has 1 N–H and O–H groups in total. The highest BCUT2D eigenvalue weighted by atomic mass is 79.9. The maximum Gasteiger partial charge on any atom is 0.328 e. The average Bonchev–Trinajstić information content (AvgIpc) is 2.11. The van der Waals surface area contributed by atoms with Crippen molar-refractivity contribution in [2.45, 2.75) is 6.92 Å². The van der Waals surface area contributed by atoms with E-state index in [1.807, 2.05) is 6.92 Å². The van der Waals surface area contributed by atoms with Crippen LogP contribution in [0.15, 0.2) is 22.7 Å². The minimum Gasteiger partial charge on any atom is -0.478 e. The Kier molecular flexibility index (Phi) is 3.72. The zero-order chi connectivity index (χ0) is 10.7. The van der Waals surface area contributed by atoms with Crippen LogP contribution in [0.2, 0.25) is 5.02 Å². The van der Waals surface area contributed by atoms with E-state index in [-0.39, 0.29) is 0 Å². The summed E-state index contributed by atoms with van der Waals surface area (Å²) in [5.41, 5.74) is 1.65. The van der Waals surface area contributed by atoms with Gasteiger partial charge in [0.05, 0.1) is 0 Å². The zero-order valence-corrected chi connectivity index (χ0v) is 9.76. The van der Waals surface area contributed by atoms with Gasteiger partial charge in [-0.2, -0.15) is 0 Å². The van der Waals surface area contributed by atoms with E-state index in [1.54, 1.807) is 12.1 Å². The molecule has 0 aromatic heterocycles. The molecule has 0 heterocycles. The lowest BCUT2D eigenvalue weighted by molar-refractivity contribution is -0.131. The van der Waals surface area contributed by atoms with Crippen LogP contribution in [0.3, 0.4) is 0 Å². The Morgan fingerprint density at radius 1 is 1.57 bits per heavy atom. The third-order valence-electron chi connectivity index (χ3n) is 1.79. The molecule has 0 aliphatic heterocycles. The fourth-order valence-electron chi connectivity index (χ4n) is 1.03. The molecule has 0 spiro atoms. The predicted molar refractivity (Wildman–Crippen MR) is 60.6 cm³/mol. The first kappa shape index (κ1) is 11.3. The maximum absolute atomic E-state index is 10.3. The lowest BCUT2D eigenvalue weighted by Gasteiger charge is -2.04. The smallest absolute Gasteiger partial charge is 0.328 e. The average molecular weight is 276 g/mol. The van der Waals surface area contributed by atoms with Crippen LogP contribution in [-0.4, -0.2) is 11.1 Å². The van der Waals surface area contributed by atoms with Gasteiger partial charge in [0.2, 0.25) is 0 Å². The molecule has 0 unspecified atom stereocenters. The fraction of sp³-hybridized carbons (Fsp3) is 0.100. The van der Waals surface area contributed by atoms with E-state index < -0.39 is 5.97 Å². The van der Waals surface area contributed by atoms with Crippen LogP contribution in [0, 0.1) is 6.92 Å². The Labute approximate surface area is 95.3 Å². The van der Waals surface area contributed by atoms with Crippen molar-refractivity contribution in [3.05, 3.63) is 38.8 Å². The van der Waals surface area contributed by atoms with Crippen LogP contribution in [-0.2, 0) is 4.79 Å². The second-order valence-corrected chi connectivity index (χ2v) is 4.00. The molecule has 74 valence electrons. The van der Waals surface area contributed by atoms with Crippen molar-refractivity contribution < 1.29 is 9.90 Å². The number of aliphatic carboxylic acids is 1. The SMILES string of the molecule is Cc1c(Cl)ccc(Br)c1/C=C/C(=O)O. The van der Waals surface area contributed by atoms with Crippen LogP contribution in [0.1, 0.15) is 11.1 Å². The van der Waals surface area contributed by atoms with Crippen molar-refractivity contribution >= 4 is 39.6 Å². The van der Waals surface area contributed by atoms with Gasteiger partial charge in [-0.05, 0) is 36.3 Å². The van der Waals surface area contributed by atoms with Crippen LogP contribution < -0.4 is 0 Å². The Balaban J connectivity index is 3.19. The van der Waals surface area contributed by atoms with Gasteiger partial charge < -0.3 is 5.11 Å². The van der Waals surface area contributed by atoms with Crippen molar-refractivity contribution in [1.29, 1.82) is 0 Å². The molecular weight excluding hydrogens is 267 g/mol. The first-order valence-corrected chi connectivity index (χ1v) is 5.05. The standard InChI is InChI=1S/C10H8BrClO2/c1-6-7(2-5-10(13)14)8(11)3-4-9(6)12/h2-5H,1H3,(H,13,14)/b5-2+. The summed E-state index contributed by atoms with van der Waals surface area (Å²) in [6, 6.07) is 3.55. The Bertz CT molecular complexity index is 399. The number of carboxylic acid groups (broad SMARTS) is 1. The van der Waals surface area contributed by atoms with E-state index in [9.17, 15) is 4.79 Å². The minimum atomic E-state index is -0.976. The molecule has 1 aromatic carbocycles. The molecule has 1 rings (SSSR count). The van der Waals surface area contributed by atoms with Crippen molar-refractivity contribution in [2.75, 3.05) is 0 Å². The molecule has 2 nitrogen and oxygen atoms in total. The van der Waals surface area contributed by atoms with Gasteiger partial charge in [0.15, 0.2) is 0 Å². The summed E-state index contributed by atoms with van der Waals surface area (Å²) in [5.74, 6) is -0.976. The van der Waals surface area contributed by atoms with Crippen LogP contribution in [0.5, 0.6) is 0 Å². The van der Waals surface area contributed by atoms with E-state index in [0.717, 1.165) is 21.7 Å². The van der Waals surface area contributed by atoms with Gasteiger partial charge in [0.25, 0.3) is 0 Å². The number of benzene rings is 1. The lowest BCUT2D eigenvalue weighted by atomic mass is 10.1. The molecule has 0 aliphatic carbocycles. The highest BCUT2D eigenvalue weighted by Gasteiger charge is 2.04. The van der Waals surface area contributed by atoms with E-state index in [2.05, 4.69) is 15.9 Å². The molecule has 0 amide bonds. The molecule has 0 atom stereocenters. The molecule has 0 radical (unpaired) electrons. The molecular formula is C10H8BrClO2. The Morgan fingerprint density at radius 3 is 2.79 bits per heavy atom. The lowest BCUT2D eigenvalue weighted by Crippen LogP contribution is -1.88. The highest BCUT2D eigenvalue weighted by molar-refractivity contribution is 9.10. The van der Waals surface area contributed by atoms with Crippen LogP contribution in [0.4, 0.5) is 0 Å². The van der Waals surface area contributed by atoms with Crippen LogP contribution >= 0.6 is 27.5 Å². The fourth-order valence-corrected chi connectivity index (χ4v) is 1.75. The molecule has 0 saturated carbocycles. The predicted octanol–water partition coefficient (Wildman–Crippen LogP) is 3.51. The summed E-state index contributed by atoms with van der Waals surface area (Å²) in [6.45, 7) is 1.84. The van der Waals surface area contributed by atoms with Crippen LogP contribution in [0.25, 0.3) is 6.08 Å². The molecule has 1 aromatic rings. The number of halogens is 2. The van der Waals surface area contributed by atoms with Crippen molar-refractivity contribution in [3.8, 4) is 0 Å². The number of rotatable bonds is 2. The second-order valence-electron chi connectivity index (χ2n) is 2.74. The normalized spacial score (nSPS) is 10.8. The Morgan fingerprint density at radius 2 is 2.21 bits per heavy atom. The monoisotopic (exact) mass is 274 g/mol. The Hall–Kier alpha value is -0.800. The molecule has 4 heteroatoms. The zero-order valence-electron chi connectivity index (χ0n) is 7.42. The van der Waals surface area contributed by atoms with Crippen molar-refractivity contribution in [3.63, 3.8) is 0 Å². The number of hydrogen-bond acceptors (Lipinski definition) is 1. The van der Waals surface area contributed by atoms with Gasteiger partial charge in [-0.25, -0.2) is 4.79 Å². The van der Waals surface area contributed by atoms with E-state index in [0.29, 0.717) is 5.02 Å². The number of carbonyl (C=O) groups is 1.